The Hall–Kier alpha value is -2.61. The third-order valence-corrected chi connectivity index (χ3v) is 10.9. The lowest BCUT2D eigenvalue weighted by molar-refractivity contribution is -0.0250. The van der Waals surface area contributed by atoms with Crippen molar-refractivity contribution >= 4 is 5.97 Å². The molecule has 0 unspecified atom stereocenters. The van der Waals surface area contributed by atoms with Gasteiger partial charge in [0, 0.05) is 0 Å². The molecule has 0 spiro atoms. The second-order valence-electron chi connectivity index (χ2n) is 12.9. The smallest absolute Gasteiger partial charge is 0.338 e. The summed E-state index contributed by atoms with van der Waals surface area (Å²) in [5.41, 5.74) is 6.22. The van der Waals surface area contributed by atoms with E-state index < -0.39 is 0 Å². The molecule has 2 heteroatoms. The van der Waals surface area contributed by atoms with E-state index in [9.17, 15) is 4.79 Å². The fourth-order valence-corrected chi connectivity index (χ4v) is 8.87. The van der Waals surface area contributed by atoms with Crippen molar-refractivity contribution in [3.8, 4) is 0 Å². The van der Waals surface area contributed by atoms with Crippen LogP contribution in [0.5, 0.6) is 0 Å². The summed E-state index contributed by atoms with van der Waals surface area (Å²) in [6.07, 6.45) is 14.5. The summed E-state index contributed by atoms with van der Waals surface area (Å²) in [4.78, 5) is 12.7. The van der Waals surface area contributed by atoms with Gasteiger partial charge in [-0.15, -0.1) is 0 Å². The Morgan fingerprint density at radius 2 is 1.70 bits per heavy atom. The Labute approximate surface area is 223 Å². The molecule has 7 atom stereocenters. The molecule has 0 radical (unpaired) electrons. The summed E-state index contributed by atoms with van der Waals surface area (Å²) >= 11 is 0. The third kappa shape index (κ3) is 4.31. The maximum Gasteiger partial charge on any atom is 0.338 e. The van der Waals surface area contributed by atoms with E-state index in [4.69, 9.17) is 4.74 Å². The predicted octanol–water partition coefficient (Wildman–Crippen LogP) is 8.59. The van der Waals surface area contributed by atoms with E-state index in [1.54, 1.807) is 11.1 Å². The van der Waals surface area contributed by atoms with Crippen molar-refractivity contribution in [2.24, 2.45) is 34.5 Å². The van der Waals surface area contributed by atoms with Crippen molar-refractivity contribution in [3.05, 3.63) is 95.1 Å². The summed E-state index contributed by atoms with van der Waals surface area (Å²) < 4.78 is 6.00. The molecule has 2 nitrogen and oxygen atoms in total. The minimum absolute atomic E-state index is 0.0215. The number of esters is 1. The van der Waals surface area contributed by atoms with E-state index in [-0.39, 0.29) is 17.5 Å². The molecule has 2 saturated carbocycles. The van der Waals surface area contributed by atoms with Crippen LogP contribution in [-0.4, -0.2) is 12.1 Å². The van der Waals surface area contributed by atoms with E-state index >= 15 is 0 Å². The van der Waals surface area contributed by atoms with Crippen LogP contribution in [0, 0.1) is 34.5 Å². The number of benzene rings is 2. The standard InChI is InChI=1S/C35H42O2/c1-24(22-25-10-6-4-7-11-25)30-16-17-31-29-15-14-27-23-28(37-33(36)26-12-8-5-9-13-26)18-20-34(27,2)32(29)19-21-35(30,31)3/h4-15,24,27-28,30,32H,16-23H2,1-3H3/t24-,27+,28+,30-,32+,34+,35-/m1/s1. The first-order chi connectivity index (χ1) is 17.9. The first kappa shape index (κ1) is 24.7. The summed E-state index contributed by atoms with van der Waals surface area (Å²) in [7, 11) is 0. The maximum absolute atomic E-state index is 12.7. The number of carbonyl (C=O) groups excluding carboxylic acids is 1. The lowest BCUT2D eigenvalue weighted by atomic mass is 9.50. The van der Waals surface area contributed by atoms with Crippen LogP contribution in [0.15, 0.2) is 84.0 Å². The number of ether oxygens (including phenoxy) is 1. The lowest BCUT2D eigenvalue weighted by Crippen LogP contribution is -2.47. The Morgan fingerprint density at radius 1 is 0.973 bits per heavy atom. The Morgan fingerprint density at radius 3 is 2.46 bits per heavy atom. The van der Waals surface area contributed by atoms with Crippen LogP contribution in [0.25, 0.3) is 0 Å². The van der Waals surface area contributed by atoms with Gasteiger partial charge in [-0.3, -0.25) is 0 Å². The number of carbonyl (C=O) groups is 1. The molecule has 4 aliphatic rings. The predicted molar refractivity (Wildman–Crippen MR) is 150 cm³/mol. The van der Waals surface area contributed by atoms with Crippen LogP contribution < -0.4 is 0 Å². The molecule has 0 aliphatic heterocycles. The van der Waals surface area contributed by atoms with Crippen molar-refractivity contribution < 1.29 is 9.53 Å². The Bertz CT molecular complexity index is 1190. The van der Waals surface area contributed by atoms with E-state index in [2.05, 4.69) is 63.3 Å². The van der Waals surface area contributed by atoms with Crippen molar-refractivity contribution in [1.82, 2.24) is 0 Å². The fraction of sp³-hybridized carbons (Fsp3) is 0.514. The first-order valence-electron chi connectivity index (χ1n) is 14.6. The Balaban J connectivity index is 1.20. The zero-order valence-electron chi connectivity index (χ0n) is 22.8. The number of hydrogen-bond donors (Lipinski definition) is 0. The number of fused-ring (bicyclic) bond motifs is 4. The highest BCUT2D eigenvalue weighted by Gasteiger charge is 2.54. The monoisotopic (exact) mass is 494 g/mol. The highest BCUT2D eigenvalue weighted by atomic mass is 16.5. The summed E-state index contributed by atoms with van der Waals surface area (Å²) in [6.45, 7) is 7.62. The van der Waals surface area contributed by atoms with Crippen LogP contribution in [0.3, 0.4) is 0 Å². The molecule has 0 heterocycles. The highest BCUT2D eigenvalue weighted by Crippen LogP contribution is 2.64. The lowest BCUT2D eigenvalue weighted by Gasteiger charge is -2.54. The topological polar surface area (TPSA) is 26.3 Å². The molecule has 2 fully saturated rings. The molecule has 0 aromatic heterocycles. The number of rotatable bonds is 5. The molecule has 0 amide bonds. The van der Waals surface area contributed by atoms with Gasteiger partial charge in [-0.05, 0) is 109 Å². The molecule has 194 valence electrons. The fourth-order valence-electron chi connectivity index (χ4n) is 8.87. The van der Waals surface area contributed by atoms with Gasteiger partial charge < -0.3 is 4.74 Å². The molecule has 0 bridgehead atoms. The molecule has 0 saturated heterocycles. The molecule has 6 rings (SSSR count). The van der Waals surface area contributed by atoms with Gasteiger partial charge in [0.1, 0.15) is 6.10 Å². The zero-order chi connectivity index (χ0) is 25.6. The van der Waals surface area contributed by atoms with Crippen LogP contribution in [0.4, 0.5) is 0 Å². The number of hydrogen-bond acceptors (Lipinski definition) is 2. The van der Waals surface area contributed by atoms with Crippen molar-refractivity contribution in [2.75, 3.05) is 0 Å². The van der Waals surface area contributed by atoms with E-state index in [0.29, 0.717) is 28.7 Å². The van der Waals surface area contributed by atoms with Gasteiger partial charge in [0.05, 0.1) is 5.56 Å². The Kier molecular flexibility index (Phi) is 6.42. The van der Waals surface area contributed by atoms with Gasteiger partial charge in [0.15, 0.2) is 0 Å². The van der Waals surface area contributed by atoms with E-state index in [1.807, 2.05) is 30.3 Å². The second-order valence-corrected chi connectivity index (χ2v) is 12.9. The van der Waals surface area contributed by atoms with Gasteiger partial charge in [-0.25, -0.2) is 4.79 Å². The zero-order valence-corrected chi connectivity index (χ0v) is 22.8. The van der Waals surface area contributed by atoms with Crippen LogP contribution >= 0.6 is 0 Å². The largest absolute Gasteiger partial charge is 0.459 e. The van der Waals surface area contributed by atoms with Crippen molar-refractivity contribution in [3.63, 3.8) is 0 Å². The number of allylic oxidation sites excluding steroid dienone is 4. The summed E-state index contributed by atoms with van der Waals surface area (Å²) in [5.74, 6) is 2.44. The van der Waals surface area contributed by atoms with E-state index in [1.165, 1.54) is 37.7 Å². The average Bonchev–Trinajstić information content (AvgIpc) is 3.27. The van der Waals surface area contributed by atoms with Gasteiger partial charge in [-0.1, -0.05) is 87.0 Å². The SMILES string of the molecule is C[C@H](Cc1ccccc1)[C@H]1CCC2=C3C=C[C@H]4C[C@@H](OC(=O)c5ccccc5)CC[C@]4(C)[C@H]3CC[C@@]21C. The minimum atomic E-state index is -0.174. The van der Waals surface area contributed by atoms with E-state index in [0.717, 1.165) is 25.2 Å². The van der Waals surface area contributed by atoms with Gasteiger partial charge >= 0.3 is 5.97 Å². The summed E-state index contributed by atoms with van der Waals surface area (Å²) in [5, 5.41) is 0. The molecule has 2 aromatic rings. The second kappa shape index (κ2) is 9.61. The van der Waals surface area contributed by atoms with Crippen LogP contribution in [0.1, 0.15) is 81.6 Å². The molecule has 0 N–H and O–H groups in total. The first-order valence-corrected chi connectivity index (χ1v) is 14.6. The molecule has 2 aromatic carbocycles. The third-order valence-electron chi connectivity index (χ3n) is 10.9. The quantitative estimate of drug-likeness (QED) is 0.389. The molecular formula is C35H42O2. The highest BCUT2D eigenvalue weighted by molar-refractivity contribution is 5.89. The van der Waals surface area contributed by atoms with Crippen LogP contribution in [0.2, 0.25) is 0 Å². The minimum Gasteiger partial charge on any atom is -0.459 e. The van der Waals surface area contributed by atoms with Crippen molar-refractivity contribution in [2.45, 2.75) is 78.2 Å². The molecule has 4 aliphatic carbocycles. The van der Waals surface area contributed by atoms with Crippen molar-refractivity contribution in [1.29, 1.82) is 0 Å². The maximum atomic E-state index is 12.7. The summed E-state index contributed by atoms with van der Waals surface area (Å²) in [6, 6.07) is 20.5. The average molecular weight is 495 g/mol. The van der Waals surface area contributed by atoms with Gasteiger partial charge in [0.2, 0.25) is 0 Å². The molecule has 37 heavy (non-hydrogen) atoms. The van der Waals surface area contributed by atoms with Gasteiger partial charge in [0.25, 0.3) is 0 Å². The van der Waals surface area contributed by atoms with Gasteiger partial charge in [-0.2, -0.15) is 0 Å². The van der Waals surface area contributed by atoms with Crippen LogP contribution in [-0.2, 0) is 11.2 Å². The molecular weight excluding hydrogens is 452 g/mol. The normalized spacial score (nSPS) is 35.3.